The fourth-order valence-electron chi connectivity index (χ4n) is 4.40. The van der Waals surface area contributed by atoms with Gasteiger partial charge in [0.05, 0.1) is 5.92 Å². The van der Waals surface area contributed by atoms with Gasteiger partial charge in [-0.2, -0.15) is 0 Å². The zero-order valence-corrected chi connectivity index (χ0v) is 11.4. The summed E-state index contributed by atoms with van der Waals surface area (Å²) in [6.07, 6.45) is 9.38. The second kappa shape index (κ2) is 5.14. The number of fused-ring (bicyclic) bond motifs is 2. The standard InChI is InChI=1S/C15H23NO3/c17-14(8-5-10-3-1-2-4-10)16-11-6-7-13(16)12(9-11)15(18)19/h10-13H,1-9H2,(H,18,19). The van der Waals surface area contributed by atoms with E-state index in [4.69, 9.17) is 0 Å². The molecular weight excluding hydrogens is 242 g/mol. The van der Waals surface area contributed by atoms with Crippen LogP contribution in [0.25, 0.3) is 0 Å². The van der Waals surface area contributed by atoms with E-state index in [0.29, 0.717) is 12.8 Å². The number of rotatable bonds is 4. The minimum atomic E-state index is -0.721. The molecule has 0 spiro atoms. The summed E-state index contributed by atoms with van der Waals surface area (Å²) in [7, 11) is 0. The molecule has 3 unspecified atom stereocenters. The van der Waals surface area contributed by atoms with Crippen LogP contribution in [-0.4, -0.2) is 34.0 Å². The van der Waals surface area contributed by atoms with Crippen molar-refractivity contribution in [3.63, 3.8) is 0 Å². The van der Waals surface area contributed by atoms with E-state index >= 15 is 0 Å². The quantitative estimate of drug-likeness (QED) is 0.849. The zero-order valence-electron chi connectivity index (χ0n) is 11.4. The summed E-state index contributed by atoms with van der Waals surface area (Å²) < 4.78 is 0. The molecule has 0 aromatic rings. The Labute approximate surface area is 114 Å². The molecule has 2 heterocycles. The van der Waals surface area contributed by atoms with Gasteiger partial charge in [-0.1, -0.05) is 25.7 Å². The summed E-state index contributed by atoms with van der Waals surface area (Å²) in [6.45, 7) is 0. The molecule has 106 valence electrons. The minimum Gasteiger partial charge on any atom is -0.481 e. The van der Waals surface area contributed by atoms with Gasteiger partial charge in [0.1, 0.15) is 0 Å². The minimum absolute atomic E-state index is 0.0152. The fraction of sp³-hybridized carbons (Fsp3) is 0.867. The van der Waals surface area contributed by atoms with Gasteiger partial charge in [0.25, 0.3) is 0 Å². The normalized spacial score (nSPS) is 34.1. The van der Waals surface area contributed by atoms with Gasteiger partial charge < -0.3 is 10.0 Å². The average molecular weight is 265 g/mol. The molecule has 3 aliphatic rings. The van der Waals surface area contributed by atoms with Crippen LogP contribution in [0.4, 0.5) is 0 Å². The highest BCUT2D eigenvalue weighted by Crippen LogP contribution is 2.42. The van der Waals surface area contributed by atoms with Gasteiger partial charge in [-0.3, -0.25) is 9.59 Å². The Morgan fingerprint density at radius 3 is 2.47 bits per heavy atom. The van der Waals surface area contributed by atoms with Gasteiger partial charge in [0.2, 0.25) is 5.91 Å². The Morgan fingerprint density at radius 2 is 1.84 bits per heavy atom. The second-order valence-corrected chi connectivity index (χ2v) is 6.47. The van der Waals surface area contributed by atoms with Gasteiger partial charge in [0.15, 0.2) is 0 Å². The summed E-state index contributed by atoms with van der Waals surface area (Å²) in [5, 5.41) is 9.20. The number of carboxylic acids is 1. The predicted octanol–water partition coefficient (Wildman–Crippen LogP) is 2.42. The first-order chi connectivity index (χ1) is 9.16. The molecule has 4 heteroatoms. The average Bonchev–Trinajstić information content (AvgIpc) is 3.11. The van der Waals surface area contributed by atoms with E-state index in [1.807, 2.05) is 4.90 Å². The van der Waals surface area contributed by atoms with Crippen molar-refractivity contribution in [1.29, 1.82) is 0 Å². The van der Waals surface area contributed by atoms with Crippen molar-refractivity contribution in [1.82, 2.24) is 4.90 Å². The van der Waals surface area contributed by atoms with Gasteiger partial charge >= 0.3 is 5.97 Å². The van der Waals surface area contributed by atoms with E-state index in [1.165, 1.54) is 25.7 Å². The highest BCUT2D eigenvalue weighted by Gasteiger charge is 2.50. The monoisotopic (exact) mass is 265 g/mol. The molecule has 0 aromatic heterocycles. The van der Waals surface area contributed by atoms with Crippen LogP contribution in [0.3, 0.4) is 0 Å². The number of hydrogen-bond acceptors (Lipinski definition) is 2. The smallest absolute Gasteiger partial charge is 0.308 e. The van der Waals surface area contributed by atoms with Crippen molar-refractivity contribution in [2.75, 3.05) is 0 Å². The molecule has 3 fully saturated rings. The molecule has 2 aliphatic heterocycles. The lowest BCUT2D eigenvalue weighted by Crippen LogP contribution is -2.37. The summed E-state index contributed by atoms with van der Waals surface area (Å²) >= 11 is 0. The Morgan fingerprint density at radius 1 is 1.11 bits per heavy atom. The van der Waals surface area contributed by atoms with Crippen LogP contribution in [0.15, 0.2) is 0 Å². The van der Waals surface area contributed by atoms with E-state index in [-0.39, 0.29) is 23.9 Å². The van der Waals surface area contributed by atoms with E-state index < -0.39 is 5.97 Å². The number of carboxylic acid groups (broad SMARTS) is 1. The summed E-state index contributed by atoms with van der Waals surface area (Å²) in [4.78, 5) is 25.5. The van der Waals surface area contributed by atoms with E-state index in [9.17, 15) is 14.7 Å². The highest BCUT2D eigenvalue weighted by molar-refractivity contribution is 5.80. The van der Waals surface area contributed by atoms with Gasteiger partial charge in [-0.05, 0) is 31.6 Å². The number of aliphatic carboxylic acids is 1. The number of amides is 1. The Kier molecular flexibility index (Phi) is 3.50. The predicted molar refractivity (Wildman–Crippen MR) is 70.6 cm³/mol. The van der Waals surface area contributed by atoms with Crippen LogP contribution in [0, 0.1) is 11.8 Å². The number of carbonyl (C=O) groups excluding carboxylic acids is 1. The topological polar surface area (TPSA) is 57.6 Å². The molecule has 1 aliphatic carbocycles. The van der Waals surface area contributed by atoms with Gasteiger partial charge in [-0.15, -0.1) is 0 Å². The molecule has 19 heavy (non-hydrogen) atoms. The number of hydrogen-bond donors (Lipinski definition) is 1. The lowest BCUT2D eigenvalue weighted by molar-refractivity contribution is -0.143. The Bertz CT molecular complexity index is 376. The molecule has 0 radical (unpaired) electrons. The van der Waals surface area contributed by atoms with Crippen molar-refractivity contribution in [2.45, 2.75) is 69.9 Å². The lowest BCUT2D eigenvalue weighted by Gasteiger charge is -2.23. The van der Waals surface area contributed by atoms with Crippen LogP contribution in [-0.2, 0) is 9.59 Å². The summed E-state index contributed by atoms with van der Waals surface area (Å²) in [5.41, 5.74) is 0. The maximum absolute atomic E-state index is 12.4. The van der Waals surface area contributed by atoms with Crippen molar-refractivity contribution in [3.05, 3.63) is 0 Å². The Hall–Kier alpha value is -1.06. The van der Waals surface area contributed by atoms with Crippen LogP contribution in [0.2, 0.25) is 0 Å². The molecule has 2 saturated heterocycles. The largest absolute Gasteiger partial charge is 0.481 e. The van der Waals surface area contributed by atoms with Crippen LogP contribution in [0.5, 0.6) is 0 Å². The molecule has 3 atom stereocenters. The van der Waals surface area contributed by atoms with E-state index in [2.05, 4.69) is 0 Å². The van der Waals surface area contributed by atoms with Crippen LogP contribution < -0.4 is 0 Å². The molecule has 1 amide bonds. The summed E-state index contributed by atoms with van der Waals surface area (Å²) in [6, 6.07) is 0.195. The first-order valence-corrected chi connectivity index (χ1v) is 7.71. The van der Waals surface area contributed by atoms with Gasteiger partial charge in [-0.25, -0.2) is 0 Å². The molecule has 1 saturated carbocycles. The zero-order chi connectivity index (χ0) is 13.4. The molecule has 0 aromatic carbocycles. The van der Waals surface area contributed by atoms with Crippen molar-refractivity contribution in [3.8, 4) is 0 Å². The molecule has 3 rings (SSSR count). The maximum atomic E-state index is 12.4. The first kappa shape index (κ1) is 12.9. The van der Waals surface area contributed by atoms with Crippen LogP contribution in [0.1, 0.15) is 57.8 Å². The van der Waals surface area contributed by atoms with E-state index in [0.717, 1.165) is 25.2 Å². The molecule has 2 bridgehead atoms. The summed E-state index contributed by atoms with van der Waals surface area (Å²) in [5.74, 6) is -0.0856. The number of nitrogens with zero attached hydrogens (tertiary/aromatic N) is 1. The lowest BCUT2D eigenvalue weighted by atomic mass is 9.89. The van der Waals surface area contributed by atoms with Crippen LogP contribution >= 0.6 is 0 Å². The molecular formula is C15H23NO3. The van der Waals surface area contributed by atoms with Crippen molar-refractivity contribution >= 4 is 11.9 Å². The third-order valence-electron chi connectivity index (χ3n) is 5.38. The first-order valence-electron chi connectivity index (χ1n) is 7.71. The molecule has 4 nitrogen and oxygen atoms in total. The van der Waals surface area contributed by atoms with Gasteiger partial charge in [0, 0.05) is 18.5 Å². The fourth-order valence-corrected chi connectivity index (χ4v) is 4.40. The van der Waals surface area contributed by atoms with E-state index in [1.54, 1.807) is 0 Å². The van der Waals surface area contributed by atoms with Crippen molar-refractivity contribution in [2.24, 2.45) is 11.8 Å². The molecule has 1 N–H and O–H groups in total. The highest BCUT2D eigenvalue weighted by atomic mass is 16.4. The third-order valence-corrected chi connectivity index (χ3v) is 5.38. The second-order valence-electron chi connectivity index (χ2n) is 6.47. The third kappa shape index (κ3) is 2.37. The maximum Gasteiger partial charge on any atom is 0.308 e. The number of carbonyl (C=O) groups is 2. The Balaban J connectivity index is 1.56. The SMILES string of the molecule is O=C(O)C1CC2CCC1N2C(=O)CCC1CCCC1. The van der Waals surface area contributed by atoms with Crippen molar-refractivity contribution < 1.29 is 14.7 Å².